The average molecular weight is 339 g/mol. The van der Waals surface area contributed by atoms with Crippen molar-refractivity contribution in [3.63, 3.8) is 0 Å². The van der Waals surface area contributed by atoms with Crippen molar-refractivity contribution in [3.05, 3.63) is 80.9 Å². The Morgan fingerprint density at radius 1 is 1.08 bits per heavy atom. The third-order valence-corrected chi connectivity index (χ3v) is 4.71. The first kappa shape index (κ1) is 16.2. The van der Waals surface area contributed by atoms with Crippen LogP contribution >= 0.6 is 11.3 Å². The number of furan rings is 1. The normalized spacial score (nSPS) is 10.6. The van der Waals surface area contributed by atoms with Gasteiger partial charge in [-0.15, -0.1) is 11.3 Å². The Bertz CT molecular complexity index is 877. The summed E-state index contributed by atoms with van der Waals surface area (Å²) in [6, 6.07) is 14.6. The van der Waals surface area contributed by atoms with Gasteiger partial charge in [0.25, 0.3) is 5.91 Å². The molecule has 1 N–H and O–H groups in total. The number of ketones is 1. The van der Waals surface area contributed by atoms with Crippen molar-refractivity contribution in [2.24, 2.45) is 0 Å². The number of thiophene rings is 1. The molecule has 4 nitrogen and oxygen atoms in total. The van der Waals surface area contributed by atoms with Crippen LogP contribution in [-0.4, -0.2) is 11.7 Å². The van der Waals surface area contributed by atoms with Gasteiger partial charge >= 0.3 is 0 Å². The summed E-state index contributed by atoms with van der Waals surface area (Å²) in [6.07, 6.45) is 0. The molecular weight excluding hydrogens is 322 g/mol. The minimum Gasteiger partial charge on any atom is -0.466 e. The SMILES string of the molecule is Cc1cc(C(=O)NCc2ccc(C(=O)c3ccccc3)s2)c(C)o1. The molecule has 0 aliphatic rings. The van der Waals surface area contributed by atoms with Crippen LogP contribution in [0.2, 0.25) is 0 Å². The molecule has 122 valence electrons. The molecule has 5 heteroatoms. The van der Waals surface area contributed by atoms with E-state index in [-0.39, 0.29) is 11.7 Å². The zero-order chi connectivity index (χ0) is 17.1. The first-order valence-corrected chi connectivity index (χ1v) is 8.40. The van der Waals surface area contributed by atoms with Crippen molar-refractivity contribution in [2.45, 2.75) is 20.4 Å². The number of rotatable bonds is 5. The summed E-state index contributed by atoms with van der Waals surface area (Å²) in [7, 11) is 0. The number of aryl methyl sites for hydroxylation is 2. The molecule has 3 rings (SSSR count). The van der Waals surface area contributed by atoms with Crippen molar-refractivity contribution in [2.75, 3.05) is 0 Å². The smallest absolute Gasteiger partial charge is 0.255 e. The van der Waals surface area contributed by atoms with E-state index in [1.807, 2.05) is 31.2 Å². The number of hydrogen-bond donors (Lipinski definition) is 1. The second kappa shape index (κ2) is 6.84. The summed E-state index contributed by atoms with van der Waals surface area (Å²) in [5.74, 6) is 1.15. The Kier molecular flexibility index (Phi) is 4.62. The van der Waals surface area contributed by atoms with Crippen LogP contribution in [0.25, 0.3) is 0 Å². The minimum absolute atomic E-state index is 0.000481. The van der Waals surface area contributed by atoms with E-state index < -0.39 is 0 Å². The van der Waals surface area contributed by atoms with E-state index >= 15 is 0 Å². The Labute approximate surface area is 144 Å². The number of hydrogen-bond acceptors (Lipinski definition) is 4. The highest BCUT2D eigenvalue weighted by Crippen LogP contribution is 2.20. The molecule has 0 aliphatic carbocycles. The average Bonchev–Trinajstić information content (AvgIpc) is 3.19. The highest BCUT2D eigenvalue weighted by molar-refractivity contribution is 7.14. The maximum absolute atomic E-state index is 12.4. The van der Waals surface area contributed by atoms with E-state index in [4.69, 9.17) is 4.42 Å². The molecule has 0 unspecified atom stereocenters. The number of nitrogens with one attached hydrogen (secondary N) is 1. The van der Waals surface area contributed by atoms with Gasteiger partial charge in [0.2, 0.25) is 5.78 Å². The van der Waals surface area contributed by atoms with Crippen LogP contribution in [0.5, 0.6) is 0 Å². The topological polar surface area (TPSA) is 59.3 Å². The highest BCUT2D eigenvalue weighted by atomic mass is 32.1. The van der Waals surface area contributed by atoms with Crippen molar-refractivity contribution < 1.29 is 14.0 Å². The van der Waals surface area contributed by atoms with Gasteiger partial charge in [-0.2, -0.15) is 0 Å². The van der Waals surface area contributed by atoms with Gasteiger partial charge in [0.15, 0.2) is 0 Å². The van der Waals surface area contributed by atoms with Crippen molar-refractivity contribution in [1.29, 1.82) is 0 Å². The largest absolute Gasteiger partial charge is 0.466 e. The Hall–Kier alpha value is -2.66. The lowest BCUT2D eigenvalue weighted by Crippen LogP contribution is -2.22. The molecule has 0 bridgehead atoms. The van der Waals surface area contributed by atoms with Crippen LogP contribution < -0.4 is 5.32 Å². The van der Waals surface area contributed by atoms with Crippen LogP contribution in [0.4, 0.5) is 0 Å². The molecule has 0 spiro atoms. The minimum atomic E-state index is -0.173. The standard InChI is InChI=1S/C19H17NO3S/c1-12-10-16(13(2)23-12)19(22)20-11-15-8-9-17(24-15)18(21)14-6-4-3-5-7-14/h3-10H,11H2,1-2H3,(H,20,22). The highest BCUT2D eigenvalue weighted by Gasteiger charge is 2.15. The molecule has 0 saturated carbocycles. The zero-order valence-electron chi connectivity index (χ0n) is 13.5. The second-order valence-electron chi connectivity index (χ2n) is 5.47. The Morgan fingerprint density at radius 3 is 2.50 bits per heavy atom. The van der Waals surface area contributed by atoms with Gasteiger partial charge in [-0.05, 0) is 32.0 Å². The van der Waals surface area contributed by atoms with E-state index in [0.717, 1.165) is 4.88 Å². The number of benzene rings is 1. The van der Waals surface area contributed by atoms with Crippen LogP contribution in [-0.2, 0) is 6.54 Å². The summed E-state index contributed by atoms with van der Waals surface area (Å²) in [5.41, 5.74) is 1.21. The quantitative estimate of drug-likeness (QED) is 0.711. The molecule has 0 radical (unpaired) electrons. The predicted octanol–water partition coefficient (Wildman–Crippen LogP) is 4.12. The van der Waals surface area contributed by atoms with Gasteiger partial charge in [-0.25, -0.2) is 0 Å². The molecule has 2 aromatic heterocycles. The number of amides is 1. The lowest BCUT2D eigenvalue weighted by molar-refractivity contribution is 0.0949. The molecule has 0 aliphatic heterocycles. The lowest BCUT2D eigenvalue weighted by atomic mass is 10.1. The summed E-state index contributed by atoms with van der Waals surface area (Å²) in [4.78, 5) is 26.2. The van der Waals surface area contributed by atoms with E-state index in [1.54, 1.807) is 31.2 Å². The molecule has 0 atom stereocenters. The Morgan fingerprint density at radius 2 is 1.83 bits per heavy atom. The van der Waals surface area contributed by atoms with Gasteiger partial charge < -0.3 is 9.73 Å². The molecule has 3 aromatic rings. The third kappa shape index (κ3) is 3.46. The van der Waals surface area contributed by atoms with Crippen LogP contribution in [0.3, 0.4) is 0 Å². The first-order chi connectivity index (χ1) is 11.5. The van der Waals surface area contributed by atoms with E-state index in [9.17, 15) is 9.59 Å². The summed E-state index contributed by atoms with van der Waals surface area (Å²) in [5, 5.41) is 2.86. The molecule has 0 saturated heterocycles. The van der Waals surface area contributed by atoms with E-state index in [2.05, 4.69) is 5.32 Å². The predicted molar refractivity (Wildman–Crippen MR) is 93.5 cm³/mol. The van der Waals surface area contributed by atoms with Gasteiger partial charge in [0, 0.05) is 10.4 Å². The Balaban J connectivity index is 1.65. The second-order valence-corrected chi connectivity index (χ2v) is 6.64. The fraction of sp³-hybridized carbons (Fsp3) is 0.158. The van der Waals surface area contributed by atoms with Crippen LogP contribution in [0, 0.1) is 13.8 Å². The summed E-state index contributed by atoms with van der Waals surface area (Å²) < 4.78 is 5.37. The fourth-order valence-corrected chi connectivity index (χ4v) is 3.36. The third-order valence-electron chi connectivity index (χ3n) is 3.63. The van der Waals surface area contributed by atoms with Gasteiger partial charge in [0.05, 0.1) is 17.0 Å². The molecule has 2 heterocycles. The van der Waals surface area contributed by atoms with Crippen LogP contribution in [0.1, 0.15) is 42.0 Å². The first-order valence-electron chi connectivity index (χ1n) is 7.58. The zero-order valence-corrected chi connectivity index (χ0v) is 14.3. The fourth-order valence-electron chi connectivity index (χ4n) is 2.45. The monoisotopic (exact) mass is 339 g/mol. The molecule has 0 fully saturated rings. The maximum Gasteiger partial charge on any atom is 0.255 e. The van der Waals surface area contributed by atoms with E-state index in [0.29, 0.717) is 34.1 Å². The van der Waals surface area contributed by atoms with Gasteiger partial charge in [-0.1, -0.05) is 30.3 Å². The summed E-state index contributed by atoms with van der Waals surface area (Å²) >= 11 is 1.39. The van der Waals surface area contributed by atoms with Gasteiger partial charge in [-0.3, -0.25) is 9.59 Å². The number of carbonyl (C=O) groups is 2. The number of carbonyl (C=O) groups excluding carboxylic acids is 2. The molecule has 1 aromatic carbocycles. The summed E-state index contributed by atoms with van der Waals surface area (Å²) in [6.45, 7) is 3.96. The molecule has 24 heavy (non-hydrogen) atoms. The maximum atomic E-state index is 12.4. The molecule has 1 amide bonds. The van der Waals surface area contributed by atoms with E-state index in [1.165, 1.54) is 11.3 Å². The molecular formula is C19H17NO3S. The van der Waals surface area contributed by atoms with Crippen molar-refractivity contribution in [1.82, 2.24) is 5.32 Å². The lowest BCUT2D eigenvalue weighted by Gasteiger charge is -2.02. The van der Waals surface area contributed by atoms with Crippen molar-refractivity contribution in [3.8, 4) is 0 Å². The van der Waals surface area contributed by atoms with Crippen molar-refractivity contribution >= 4 is 23.0 Å². The van der Waals surface area contributed by atoms with Crippen LogP contribution in [0.15, 0.2) is 52.9 Å². The van der Waals surface area contributed by atoms with Gasteiger partial charge in [0.1, 0.15) is 11.5 Å².